The van der Waals surface area contributed by atoms with Gasteiger partial charge in [0.1, 0.15) is 42.3 Å². The number of nitrogens with one attached hydrogen (secondary N) is 6. The van der Waals surface area contributed by atoms with Gasteiger partial charge >= 0.3 is 23.9 Å². The summed E-state index contributed by atoms with van der Waals surface area (Å²) in [5, 5.41) is 74.0. The van der Waals surface area contributed by atoms with E-state index in [0.29, 0.717) is 42.1 Å². The van der Waals surface area contributed by atoms with Crippen LogP contribution in [-0.2, 0) is 90.8 Å². The Morgan fingerprint density at radius 1 is 0.600 bits per heavy atom. The van der Waals surface area contributed by atoms with Gasteiger partial charge in [-0.15, -0.1) is 0 Å². The molecule has 3 fully saturated rings. The number of aliphatic hydroxyl groups is 1. The summed E-state index contributed by atoms with van der Waals surface area (Å²) in [4.78, 5) is 193. The summed E-state index contributed by atoms with van der Waals surface area (Å²) in [6.45, 7) is 5.75. The summed E-state index contributed by atoms with van der Waals surface area (Å²) in [7, 11) is 0. The molecule has 0 aliphatic carbocycles. The van der Waals surface area contributed by atoms with Crippen LogP contribution in [0, 0.1) is 0 Å². The minimum Gasteiger partial charge on any atom is -0.481 e. The topological polar surface area (TPSA) is 478 Å². The Morgan fingerprint density at radius 2 is 1.11 bits per heavy atom. The molecule has 2 aromatic carbocycles. The minimum atomic E-state index is -1.71. The van der Waals surface area contributed by atoms with Gasteiger partial charge < -0.3 is 78.1 Å². The third-order valence-electron chi connectivity index (χ3n) is 17.6. The minimum absolute atomic E-state index is 0.0754. The van der Waals surface area contributed by atoms with Crippen molar-refractivity contribution in [1.29, 1.82) is 0 Å². The molecule has 2 aromatic rings. The number of carbonyl (C=O) groups excluding carboxylic acids is 9. The molecule has 0 saturated carbocycles. The lowest BCUT2D eigenvalue weighted by Gasteiger charge is -2.33. The van der Waals surface area contributed by atoms with E-state index in [-0.39, 0.29) is 153 Å². The predicted molar refractivity (Wildman–Crippen MR) is 391 cm³/mol. The molecule has 9 amide bonds. The van der Waals surface area contributed by atoms with Gasteiger partial charge in [0.25, 0.3) is 5.97 Å². The average Bonchev–Trinajstić information content (AvgIpc) is 1.70. The van der Waals surface area contributed by atoms with Crippen molar-refractivity contribution < 1.29 is 97.8 Å². The molecule has 105 heavy (non-hydrogen) atoms. The zero-order valence-electron chi connectivity index (χ0n) is 59.7. The lowest BCUT2D eigenvalue weighted by atomic mass is 10.0. The average molecular weight is 1530 g/mol. The molecule has 4 aliphatic heterocycles. The monoisotopic (exact) mass is 1530 g/mol. The maximum Gasteiger partial charge on any atom is 0.327 e. The number of carbonyl (C=O) groups is 14. The van der Waals surface area contributed by atoms with E-state index in [2.05, 4.69) is 31.9 Å². The summed E-state index contributed by atoms with van der Waals surface area (Å²) >= 11 is 4.09. The first-order valence-electron chi connectivity index (χ1n) is 35.2. The molecule has 33 nitrogen and oxygen atoms in total. The van der Waals surface area contributed by atoms with Crippen LogP contribution in [0.5, 0.6) is 0 Å². The number of carboxylic acids is 5. The van der Waals surface area contributed by atoms with Crippen LogP contribution in [0.25, 0.3) is 0 Å². The number of benzene rings is 2. The summed E-state index contributed by atoms with van der Waals surface area (Å²) in [5.41, 5.74) is 8.51. The summed E-state index contributed by atoms with van der Waals surface area (Å²) in [5.74, 6) is -10.3. The standard InChI is InChI=1S/C67H99N13O18S3.C2H4O2/c1-3-4-6-15-55(83)70-50-41-100-39-46-30-45(38-99-29-18-69-56(84)34-75-21-23-76(35-57(85)86)25-27-78(37-59(89)90)28-26-77(24-22-75)36-58(87)88)31-47(32-46)40-101-42-51(67(97)98)73-62(92)49(33-44-11-7-5-8-12-44)72-61(91)48(16-17-54(68)82)71-64(94)60(43(2)81)74-63(93)52-13-9-19-79(52)66(96)53-14-10-20-80(53)65(50)95;1-2(3)4/h5,7-8,11-12,30-32,43,48-53,60,81H,3-4,6,9-10,13-29,33-42H2,1-2H3,(H2,68,82)(H,69,84)(H,70,83)(H,71,94)(H,72,91)(H,73,92)(H,74,93)(H,85,86)(H,87,88)(H,89,90)(H,97,98);1H3,(H,3,4)/t43-,48?,49+,50+,51+,52+,53+,60+;/m1./s1. The zero-order valence-corrected chi connectivity index (χ0v) is 62.2. The van der Waals surface area contributed by atoms with Gasteiger partial charge in [-0.25, -0.2) is 4.79 Å². The second-order valence-electron chi connectivity index (χ2n) is 26.3. The number of hydrogen-bond acceptors (Lipinski definition) is 22. The fourth-order valence-electron chi connectivity index (χ4n) is 12.4. The molecule has 582 valence electrons. The molecule has 4 heterocycles. The largest absolute Gasteiger partial charge is 0.481 e. The lowest BCUT2D eigenvalue weighted by Crippen LogP contribution is -2.61. The van der Waals surface area contributed by atoms with E-state index in [4.69, 9.17) is 15.6 Å². The first-order chi connectivity index (χ1) is 50.0. The maximum absolute atomic E-state index is 14.9. The fourth-order valence-corrected chi connectivity index (χ4v) is 15.1. The maximum atomic E-state index is 14.9. The van der Waals surface area contributed by atoms with Crippen LogP contribution in [0.1, 0.15) is 107 Å². The molecular weight excluding hydrogens is 1430 g/mol. The predicted octanol–water partition coefficient (Wildman–Crippen LogP) is -0.958. The van der Waals surface area contributed by atoms with E-state index < -0.39 is 132 Å². The third kappa shape index (κ3) is 32.2. The molecule has 8 atom stereocenters. The van der Waals surface area contributed by atoms with Gasteiger partial charge in [0.2, 0.25) is 53.2 Å². The smallest absolute Gasteiger partial charge is 0.327 e. The van der Waals surface area contributed by atoms with Gasteiger partial charge in [-0.1, -0.05) is 68.3 Å². The number of aliphatic hydroxyl groups excluding tert-OH is 1. The second-order valence-corrected chi connectivity index (χ2v) is 29.5. The Labute approximate surface area is 623 Å². The highest BCUT2D eigenvalue weighted by molar-refractivity contribution is 7.99. The molecular formula is C69H103N13O20S3. The summed E-state index contributed by atoms with van der Waals surface area (Å²) in [6.07, 6.45) is 1.06. The van der Waals surface area contributed by atoms with Crippen LogP contribution in [0.3, 0.4) is 0 Å². The van der Waals surface area contributed by atoms with Crippen LogP contribution in [0.2, 0.25) is 0 Å². The van der Waals surface area contributed by atoms with Gasteiger partial charge in [0, 0.05) is 133 Å². The molecule has 14 N–H and O–H groups in total. The Hall–Kier alpha value is -8.13. The normalized spacial score (nSPS) is 22.7. The van der Waals surface area contributed by atoms with Crippen LogP contribution in [0.15, 0.2) is 48.5 Å². The van der Waals surface area contributed by atoms with Crippen molar-refractivity contribution in [3.8, 4) is 0 Å². The Kier molecular flexibility index (Phi) is 38.4. The molecule has 0 spiro atoms. The van der Waals surface area contributed by atoms with Crippen molar-refractivity contribution in [3.63, 3.8) is 0 Å². The number of nitrogens with two attached hydrogens (primary N) is 1. The van der Waals surface area contributed by atoms with Crippen molar-refractivity contribution >= 4 is 118 Å². The van der Waals surface area contributed by atoms with E-state index in [1.807, 2.05) is 30.0 Å². The summed E-state index contributed by atoms with van der Waals surface area (Å²) in [6, 6.07) is 4.89. The number of rotatable bonds is 25. The third-order valence-corrected chi connectivity index (χ3v) is 20.9. The highest BCUT2D eigenvalue weighted by atomic mass is 32.2. The lowest BCUT2D eigenvalue weighted by molar-refractivity contribution is -0.148. The second kappa shape index (κ2) is 46.1. The van der Waals surface area contributed by atoms with E-state index in [1.54, 1.807) is 45.0 Å². The SMILES string of the molecule is CC(=O)O.CCCCCC(=O)N[C@H]1CSCc2cc(CSCCNC(=O)CN3CCN(CC(=O)O)CCN(CC(=O)O)CCN(CC(=O)O)CC3)cc(c2)CSC[C@@H](C(=O)O)NC(=O)[C@H](Cc2ccccc2)NC(=O)C(CCC(N)=O)NC(=O)[C@H]([C@@H](C)O)NC(=O)[C@@H]2CCCN2C(=O)[C@@H]2CCCN2C1=O. The van der Waals surface area contributed by atoms with Crippen molar-refractivity contribution in [2.45, 2.75) is 157 Å². The molecule has 0 radical (unpaired) electrons. The molecule has 4 aliphatic rings. The molecule has 0 aromatic heterocycles. The number of fused-ring (bicyclic) bond motifs is 4. The number of carboxylic acid groups (broad SMARTS) is 5. The molecule has 3 saturated heterocycles. The number of hydrogen-bond donors (Lipinski definition) is 13. The van der Waals surface area contributed by atoms with Crippen molar-refractivity contribution in [1.82, 2.24) is 61.3 Å². The van der Waals surface area contributed by atoms with Crippen LogP contribution < -0.4 is 37.6 Å². The number of amides is 9. The zero-order chi connectivity index (χ0) is 77.1. The van der Waals surface area contributed by atoms with Crippen molar-refractivity contribution in [2.24, 2.45) is 5.73 Å². The van der Waals surface area contributed by atoms with Crippen LogP contribution in [-0.4, -0.2) is 307 Å². The Morgan fingerprint density at radius 3 is 1.64 bits per heavy atom. The Bertz CT molecular complexity index is 3250. The van der Waals surface area contributed by atoms with E-state index in [9.17, 15) is 87.9 Å². The first-order valence-corrected chi connectivity index (χ1v) is 38.7. The Balaban J connectivity index is 0.00000482. The van der Waals surface area contributed by atoms with Crippen LogP contribution >= 0.6 is 35.3 Å². The van der Waals surface area contributed by atoms with Gasteiger partial charge in [-0.3, -0.25) is 81.9 Å². The van der Waals surface area contributed by atoms with Gasteiger partial charge in [-0.05, 0) is 67.7 Å². The molecule has 36 heteroatoms. The highest BCUT2D eigenvalue weighted by Gasteiger charge is 2.45. The van der Waals surface area contributed by atoms with E-state index in [1.165, 1.54) is 52.0 Å². The number of thioether (sulfide) groups is 3. The number of nitrogens with zero attached hydrogens (tertiary/aromatic N) is 6. The van der Waals surface area contributed by atoms with Gasteiger partial charge in [0.15, 0.2) is 0 Å². The molecule has 6 rings (SSSR count). The van der Waals surface area contributed by atoms with E-state index >= 15 is 0 Å². The quantitative estimate of drug-likeness (QED) is 0.0533. The molecule has 2 bridgehead atoms. The van der Waals surface area contributed by atoms with Crippen molar-refractivity contribution in [3.05, 3.63) is 70.8 Å². The number of unbranched alkanes of at least 4 members (excludes halogenated alkanes) is 2. The number of aliphatic carboxylic acids is 5. The van der Waals surface area contributed by atoms with E-state index in [0.717, 1.165) is 36.5 Å². The van der Waals surface area contributed by atoms with Crippen molar-refractivity contribution in [2.75, 3.05) is 115 Å². The van der Waals surface area contributed by atoms with Gasteiger partial charge in [-0.2, -0.15) is 35.3 Å². The molecule has 1 unspecified atom stereocenters. The van der Waals surface area contributed by atoms with Crippen LogP contribution in [0.4, 0.5) is 0 Å². The first kappa shape index (κ1) is 87.5. The van der Waals surface area contributed by atoms with Gasteiger partial charge in [0.05, 0.1) is 32.3 Å². The number of primary amides is 1. The highest BCUT2D eigenvalue weighted by Crippen LogP contribution is 2.28. The summed E-state index contributed by atoms with van der Waals surface area (Å²) < 4.78 is 0. The fraction of sp³-hybridized carbons (Fsp3) is 0.623.